The summed E-state index contributed by atoms with van der Waals surface area (Å²) >= 11 is 1.49. The third-order valence-corrected chi connectivity index (χ3v) is 9.17. The fourth-order valence-electron chi connectivity index (χ4n) is 4.44. The highest BCUT2D eigenvalue weighted by Gasteiger charge is 2.34. The van der Waals surface area contributed by atoms with Crippen molar-refractivity contribution in [2.24, 2.45) is 0 Å². The number of sulfonamides is 1. The van der Waals surface area contributed by atoms with Gasteiger partial charge in [-0.3, -0.25) is 4.79 Å². The largest absolute Gasteiger partial charge is 0.495 e. The van der Waals surface area contributed by atoms with Gasteiger partial charge in [0.05, 0.1) is 29.9 Å². The molecule has 1 fully saturated rings. The van der Waals surface area contributed by atoms with Gasteiger partial charge in [-0.1, -0.05) is 37.0 Å². The van der Waals surface area contributed by atoms with Crippen molar-refractivity contribution in [1.82, 2.24) is 9.29 Å². The van der Waals surface area contributed by atoms with Crippen molar-refractivity contribution in [3.63, 3.8) is 0 Å². The number of hydrogen-bond acceptors (Lipinski definition) is 7. The van der Waals surface area contributed by atoms with Crippen molar-refractivity contribution in [2.45, 2.75) is 50.0 Å². The van der Waals surface area contributed by atoms with Crippen LogP contribution in [0.4, 0.5) is 10.8 Å². The Morgan fingerprint density at radius 2 is 1.86 bits per heavy atom. The number of thiazole rings is 1. The Hall–Kier alpha value is -2.95. The van der Waals surface area contributed by atoms with Gasteiger partial charge in [0.25, 0.3) is 0 Å². The molecule has 1 aliphatic rings. The first-order valence-electron chi connectivity index (χ1n) is 12.0. The van der Waals surface area contributed by atoms with Crippen molar-refractivity contribution in [3.8, 4) is 17.0 Å². The predicted molar refractivity (Wildman–Crippen MR) is 144 cm³/mol. The van der Waals surface area contributed by atoms with Crippen LogP contribution in [0.5, 0.6) is 5.75 Å². The Kier molecular flexibility index (Phi) is 8.28. The van der Waals surface area contributed by atoms with E-state index in [1.165, 1.54) is 22.8 Å². The second-order valence-electron chi connectivity index (χ2n) is 8.91. The molecule has 1 amide bonds. The molecule has 192 valence electrons. The summed E-state index contributed by atoms with van der Waals surface area (Å²) in [4.78, 5) is 18.0. The van der Waals surface area contributed by atoms with Gasteiger partial charge in [-0.15, -0.1) is 11.3 Å². The van der Waals surface area contributed by atoms with Gasteiger partial charge in [0.15, 0.2) is 5.13 Å². The zero-order chi connectivity index (χ0) is 25.7. The SMILES string of the molecule is CNc1nc(-c2ccc(OC)c(NC(=O)CN(C3CCCCC3)S(=O)(=O)c3ccc(C)cc3)c2)cs1. The number of ether oxygens (including phenoxy) is 1. The monoisotopic (exact) mass is 528 g/mol. The van der Waals surface area contributed by atoms with Crippen LogP contribution < -0.4 is 15.4 Å². The summed E-state index contributed by atoms with van der Waals surface area (Å²) in [6.07, 6.45) is 4.47. The van der Waals surface area contributed by atoms with E-state index in [-0.39, 0.29) is 17.5 Å². The molecule has 0 radical (unpaired) electrons. The number of anilines is 2. The highest BCUT2D eigenvalue weighted by atomic mass is 32.2. The molecule has 4 rings (SSSR count). The highest BCUT2D eigenvalue weighted by molar-refractivity contribution is 7.89. The first kappa shape index (κ1) is 26.1. The number of rotatable bonds is 9. The molecule has 36 heavy (non-hydrogen) atoms. The molecule has 1 aromatic heterocycles. The zero-order valence-electron chi connectivity index (χ0n) is 20.8. The van der Waals surface area contributed by atoms with E-state index in [4.69, 9.17) is 4.74 Å². The molecule has 2 N–H and O–H groups in total. The van der Waals surface area contributed by atoms with Crippen LogP contribution in [0.25, 0.3) is 11.3 Å². The van der Waals surface area contributed by atoms with Gasteiger partial charge in [0, 0.05) is 24.0 Å². The van der Waals surface area contributed by atoms with E-state index in [0.29, 0.717) is 11.4 Å². The Morgan fingerprint density at radius 3 is 2.50 bits per heavy atom. The van der Waals surface area contributed by atoms with Crippen LogP contribution in [-0.2, 0) is 14.8 Å². The molecule has 0 saturated heterocycles. The maximum absolute atomic E-state index is 13.6. The topological polar surface area (TPSA) is 101 Å². The van der Waals surface area contributed by atoms with E-state index >= 15 is 0 Å². The third-order valence-electron chi connectivity index (χ3n) is 6.40. The summed E-state index contributed by atoms with van der Waals surface area (Å²) in [7, 11) is -0.505. The van der Waals surface area contributed by atoms with Crippen molar-refractivity contribution >= 4 is 38.1 Å². The summed E-state index contributed by atoms with van der Waals surface area (Å²) in [5.74, 6) is 0.0719. The van der Waals surface area contributed by atoms with E-state index in [1.807, 2.05) is 25.4 Å². The van der Waals surface area contributed by atoms with Crippen LogP contribution in [0.15, 0.2) is 52.7 Å². The minimum atomic E-state index is -3.85. The van der Waals surface area contributed by atoms with Gasteiger partial charge in [-0.25, -0.2) is 13.4 Å². The second-order valence-corrected chi connectivity index (χ2v) is 11.7. The number of amides is 1. The van der Waals surface area contributed by atoms with Crippen LogP contribution in [0, 0.1) is 6.92 Å². The molecule has 0 atom stereocenters. The number of carbonyl (C=O) groups excluding carboxylic acids is 1. The minimum absolute atomic E-state index is 0.204. The number of aromatic nitrogens is 1. The van der Waals surface area contributed by atoms with Gasteiger partial charge < -0.3 is 15.4 Å². The van der Waals surface area contributed by atoms with Crippen molar-refractivity contribution in [2.75, 3.05) is 31.3 Å². The van der Waals surface area contributed by atoms with Gasteiger partial charge in [-0.2, -0.15) is 4.31 Å². The van der Waals surface area contributed by atoms with Gasteiger partial charge in [0.1, 0.15) is 5.75 Å². The smallest absolute Gasteiger partial charge is 0.243 e. The first-order valence-corrected chi connectivity index (χ1v) is 14.3. The van der Waals surface area contributed by atoms with Crippen molar-refractivity contribution in [1.29, 1.82) is 0 Å². The van der Waals surface area contributed by atoms with Crippen LogP contribution in [0.2, 0.25) is 0 Å². The molecule has 1 aliphatic carbocycles. The average molecular weight is 529 g/mol. The molecule has 10 heteroatoms. The van der Waals surface area contributed by atoms with Crippen molar-refractivity contribution in [3.05, 3.63) is 53.4 Å². The van der Waals surface area contributed by atoms with Crippen LogP contribution in [0.3, 0.4) is 0 Å². The van der Waals surface area contributed by atoms with Crippen LogP contribution in [-0.4, -0.2) is 50.4 Å². The number of benzene rings is 2. The Morgan fingerprint density at radius 1 is 1.14 bits per heavy atom. The lowest BCUT2D eigenvalue weighted by atomic mass is 9.95. The summed E-state index contributed by atoms with van der Waals surface area (Å²) < 4.78 is 34.1. The van der Waals surface area contributed by atoms with Crippen LogP contribution in [0.1, 0.15) is 37.7 Å². The summed E-state index contributed by atoms with van der Waals surface area (Å²) in [6.45, 7) is 1.64. The van der Waals surface area contributed by atoms with E-state index in [9.17, 15) is 13.2 Å². The Bertz CT molecular complexity index is 1300. The fourth-order valence-corrected chi connectivity index (χ4v) is 6.76. The van der Waals surface area contributed by atoms with Gasteiger partial charge in [-0.05, 0) is 50.1 Å². The number of methoxy groups -OCH3 is 1. The summed E-state index contributed by atoms with van der Waals surface area (Å²) in [5.41, 5.74) is 3.04. The molecule has 1 heterocycles. The molecule has 1 saturated carbocycles. The first-order chi connectivity index (χ1) is 17.3. The van der Waals surface area contributed by atoms with E-state index in [1.54, 1.807) is 36.4 Å². The highest BCUT2D eigenvalue weighted by Crippen LogP contribution is 2.33. The van der Waals surface area contributed by atoms with Gasteiger partial charge in [0.2, 0.25) is 15.9 Å². The maximum atomic E-state index is 13.6. The van der Waals surface area contributed by atoms with E-state index in [0.717, 1.165) is 54.1 Å². The normalized spacial score (nSPS) is 14.6. The molecular formula is C26H32N4O4S2. The Balaban J connectivity index is 1.60. The quantitative estimate of drug-likeness (QED) is 0.399. The van der Waals surface area contributed by atoms with Crippen molar-refractivity contribution < 1.29 is 17.9 Å². The Labute approximate surface area is 216 Å². The molecule has 3 aromatic rings. The fraction of sp³-hybridized carbons (Fsp3) is 0.385. The van der Waals surface area contributed by atoms with E-state index < -0.39 is 15.9 Å². The average Bonchev–Trinajstić information content (AvgIpc) is 3.37. The molecule has 0 unspecified atom stereocenters. The maximum Gasteiger partial charge on any atom is 0.243 e. The number of hydrogen-bond donors (Lipinski definition) is 2. The summed E-state index contributed by atoms with van der Waals surface area (Å²) in [6, 6.07) is 12.0. The molecular weight excluding hydrogens is 496 g/mol. The van der Waals surface area contributed by atoms with Crippen LogP contribution >= 0.6 is 11.3 Å². The molecule has 0 aliphatic heterocycles. The summed E-state index contributed by atoms with van der Waals surface area (Å²) in [5, 5.41) is 8.62. The zero-order valence-corrected chi connectivity index (χ0v) is 22.4. The number of carbonyl (C=O) groups is 1. The number of aryl methyl sites for hydroxylation is 1. The molecule has 2 aromatic carbocycles. The minimum Gasteiger partial charge on any atom is -0.495 e. The molecule has 0 spiro atoms. The van der Waals surface area contributed by atoms with E-state index in [2.05, 4.69) is 15.6 Å². The third kappa shape index (κ3) is 5.88. The lowest BCUT2D eigenvalue weighted by Gasteiger charge is -2.33. The second kappa shape index (κ2) is 11.4. The lowest BCUT2D eigenvalue weighted by Crippen LogP contribution is -2.45. The molecule has 8 nitrogen and oxygen atoms in total. The number of nitrogens with one attached hydrogen (secondary N) is 2. The molecule has 0 bridgehead atoms. The lowest BCUT2D eigenvalue weighted by molar-refractivity contribution is -0.116. The predicted octanol–water partition coefficient (Wildman–Crippen LogP) is 5.13. The standard InChI is InChI=1S/C26H32N4O4S2/c1-18-9-12-21(13-10-18)36(32,33)30(20-7-5-4-6-8-20)16-25(31)28-22-15-19(11-14-24(22)34-3)23-17-35-26(27-2)29-23/h9-15,17,20H,4-8,16H2,1-3H3,(H,27,29)(H,28,31). The number of nitrogens with zero attached hydrogens (tertiary/aromatic N) is 2. The van der Waals surface area contributed by atoms with Gasteiger partial charge >= 0.3 is 0 Å².